The molecule has 3 heterocycles. The van der Waals surface area contributed by atoms with Gasteiger partial charge in [0, 0.05) is 25.1 Å². The molecule has 0 saturated carbocycles. The predicted octanol–water partition coefficient (Wildman–Crippen LogP) is 5.63. The van der Waals surface area contributed by atoms with Crippen molar-refractivity contribution in [2.24, 2.45) is 0 Å². The molecule has 0 unspecified atom stereocenters. The number of aryl methyl sites for hydroxylation is 1. The standard InChI is InChI=1S/C20H19F4N3O.C5H4F3N3O/c1-2-3-4-5-7-27-8-6-12-9-14(16(21)17(22)15(12)20(27)28)19-25-10-13(11-26-19)18(23)24;6-5(7,8)3-2(9)1-10-11-4(3)12/h6,8-11,18H,2-5,7H2,1H3;1H,(H3,9,11,12). The summed E-state index contributed by atoms with van der Waals surface area (Å²) in [7, 11) is 0. The number of anilines is 1. The molecule has 0 fully saturated rings. The maximum absolute atomic E-state index is 14.7. The number of nitrogens with zero attached hydrogens (tertiary/aromatic N) is 4. The van der Waals surface area contributed by atoms with Gasteiger partial charge in [-0.25, -0.2) is 32.6 Å². The summed E-state index contributed by atoms with van der Waals surface area (Å²) in [4.78, 5) is 30.5. The molecule has 0 aliphatic carbocycles. The van der Waals surface area contributed by atoms with E-state index in [2.05, 4.69) is 22.0 Å². The monoisotopic (exact) mass is 572 g/mol. The Morgan fingerprint density at radius 3 is 2.25 bits per heavy atom. The number of halogens is 7. The van der Waals surface area contributed by atoms with Crippen molar-refractivity contribution in [1.29, 1.82) is 0 Å². The zero-order chi connectivity index (χ0) is 29.6. The van der Waals surface area contributed by atoms with Gasteiger partial charge in [0.1, 0.15) is 5.56 Å². The quantitative estimate of drug-likeness (QED) is 0.219. The van der Waals surface area contributed by atoms with E-state index in [1.807, 2.05) is 0 Å². The molecule has 1 aromatic carbocycles. The topological polar surface area (TPSA) is 120 Å². The Hall–Kier alpha value is -4.30. The first-order chi connectivity index (χ1) is 18.9. The van der Waals surface area contributed by atoms with Crippen molar-refractivity contribution in [1.82, 2.24) is 24.7 Å². The van der Waals surface area contributed by atoms with Crippen LogP contribution in [-0.4, -0.2) is 24.7 Å². The van der Waals surface area contributed by atoms with E-state index in [-0.39, 0.29) is 22.2 Å². The lowest BCUT2D eigenvalue weighted by atomic mass is 10.1. The molecule has 3 N–H and O–H groups in total. The Bertz CT molecular complexity index is 1580. The number of hydrogen-bond acceptors (Lipinski definition) is 6. The second-order valence-electron chi connectivity index (χ2n) is 8.56. The third-order valence-corrected chi connectivity index (χ3v) is 5.73. The zero-order valence-corrected chi connectivity index (χ0v) is 20.9. The van der Waals surface area contributed by atoms with Gasteiger partial charge in [-0.05, 0) is 23.9 Å². The number of benzene rings is 1. The number of rotatable bonds is 7. The number of pyridine rings is 1. The molecule has 0 radical (unpaired) electrons. The Morgan fingerprint density at radius 1 is 1.02 bits per heavy atom. The smallest absolute Gasteiger partial charge is 0.397 e. The molecule has 3 aromatic heterocycles. The van der Waals surface area contributed by atoms with E-state index in [1.165, 1.54) is 16.7 Å². The van der Waals surface area contributed by atoms with Crippen LogP contribution in [0.2, 0.25) is 0 Å². The van der Waals surface area contributed by atoms with Crippen molar-refractivity contribution in [3.05, 3.63) is 80.4 Å². The van der Waals surface area contributed by atoms with Crippen LogP contribution in [0.3, 0.4) is 0 Å². The molecule has 8 nitrogen and oxygen atoms in total. The highest BCUT2D eigenvalue weighted by Gasteiger charge is 2.36. The average Bonchev–Trinajstić information content (AvgIpc) is 2.89. The Kier molecular flexibility index (Phi) is 9.60. The Morgan fingerprint density at radius 2 is 1.70 bits per heavy atom. The van der Waals surface area contributed by atoms with Crippen LogP contribution < -0.4 is 16.9 Å². The fourth-order valence-corrected chi connectivity index (χ4v) is 3.72. The number of nitrogen functional groups attached to an aromatic ring is 1. The summed E-state index contributed by atoms with van der Waals surface area (Å²) in [6.07, 6.45) is 0.320. The van der Waals surface area contributed by atoms with Crippen LogP contribution in [0.4, 0.5) is 36.4 Å². The lowest BCUT2D eigenvalue weighted by molar-refractivity contribution is -0.138. The summed E-state index contributed by atoms with van der Waals surface area (Å²) in [5.74, 6) is -2.80. The number of hydrogen-bond donors (Lipinski definition) is 2. The largest absolute Gasteiger partial charge is 0.423 e. The molecular formula is C25H23F7N6O2. The van der Waals surface area contributed by atoms with Gasteiger partial charge in [0.15, 0.2) is 17.5 Å². The highest BCUT2D eigenvalue weighted by molar-refractivity contribution is 5.86. The van der Waals surface area contributed by atoms with Crippen LogP contribution in [-0.2, 0) is 12.7 Å². The predicted molar refractivity (Wildman–Crippen MR) is 133 cm³/mol. The second kappa shape index (κ2) is 12.7. The minimum atomic E-state index is -4.74. The molecule has 0 aliphatic heterocycles. The van der Waals surface area contributed by atoms with Crippen LogP contribution in [0.15, 0.2) is 46.5 Å². The maximum atomic E-state index is 14.7. The fourth-order valence-electron chi connectivity index (χ4n) is 3.72. The third-order valence-electron chi connectivity index (χ3n) is 5.73. The first-order valence-corrected chi connectivity index (χ1v) is 11.9. The number of nitrogens with one attached hydrogen (secondary N) is 1. The van der Waals surface area contributed by atoms with Crippen LogP contribution in [0.5, 0.6) is 0 Å². The summed E-state index contributed by atoms with van der Waals surface area (Å²) in [5.41, 5.74) is 0.182. The molecule has 0 spiro atoms. The summed E-state index contributed by atoms with van der Waals surface area (Å²) in [6.45, 7) is 2.50. The summed E-state index contributed by atoms with van der Waals surface area (Å²) in [6, 6.07) is 2.78. The van der Waals surface area contributed by atoms with Crippen molar-refractivity contribution in [2.45, 2.75) is 51.8 Å². The van der Waals surface area contributed by atoms with Crippen molar-refractivity contribution < 1.29 is 30.7 Å². The molecule has 4 aromatic rings. The molecule has 0 aliphatic rings. The van der Waals surface area contributed by atoms with Gasteiger partial charge in [0.25, 0.3) is 17.5 Å². The number of alkyl halides is 5. The van der Waals surface area contributed by atoms with Crippen LogP contribution >= 0.6 is 0 Å². The second-order valence-corrected chi connectivity index (χ2v) is 8.56. The van der Waals surface area contributed by atoms with E-state index in [0.29, 0.717) is 6.54 Å². The van der Waals surface area contributed by atoms with E-state index in [1.54, 1.807) is 11.3 Å². The van der Waals surface area contributed by atoms with Crippen molar-refractivity contribution >= 4 is 16.5 Å². The Balaban J connectivity index is 0.000000307. The molecule has 0 saturated heterocycles. The SMILES string of the molecule is CCCCCCn1ccc2cc(-c3ncc(C(F)F)cn3)c(F)c(F)c2c1=O.Nc1cn[nH]c(=O)c1C(F)(F)F. The maximum Gasteiger partial charge on any atom is 0.423 e. The van der Waals surface area contributed by atoms with Gasteiger partial charge < -0.3 is 10.3 Å². The van der Waals surface area contributed by atoms with E-state index in [0.717, 1.165) is 44.3 Å². The number of aromatic nitrogens is 5. The number of aromatic amines is 1. The average molecular weight is 572 g/mol. The zero-order valence-electron chi connectivity index (χ0n) is 20.9. The van der Waals surface area contributed by atoms with Crippen molar-refractivity contribution in [3.63, 3.8) is 0 Å². The van der Waals surface area contributed by atoms with Crippen molar-refractivity contribution in [2.75, 3.05) is 5.73 Å². The van der Waals surface area contributed by atoms with Gasteiger partial charge in [0.2, 0.25) is 0 Å². The molecule has 4 rings (SSSR count). The van der Waals surface area contributed by atoms with E-state index in [9.17, 15) is 40.3 Å². The van der Waals surface area contributed by atoms with Gasteiger partial charge in [0.05, 0.1) is 28.4 Å². The van der Waals surface area contributed by atoms with Gasteiger partial charge in [-0.3, -0.25) is 9.59 Å². The van der Waals surface area contributed by atoms with Crippen molar-refractivity contribution in [3.8, 4) is 11.4 Å². The molecule has 0 amide bonds. The molecule has 15 heteroatoms. The number of fused-ring (bicyclic) bond motifs is 1. The number of H-pyrrole nitrogens is 1. The van der Waals surface area contributed by atoms with Gasteiger partial charge >= 0.3 is 6.18 Å². The normalized spacial score (nSPS) is 11.5. The van der Waals surface area contributed by atoms with Gasteiger partial charge in [-0.1, -0.05) is 26.2 Å². The number of nitrogens with two attached hydrogens (primary N) is 1. The Labute approximate surface area is 221 Å². The third kappa shape index (κ3) is 6.82. The molecular weight excluding hydrogens is 549 g/mol. The highest BCUT2D eigenvalue weighted by Crippen LogP contribution is 2.30. The first-order valence-electron chi connectivity index (χ1n) is 11.9. The fraction of sp³-hybridized carbons (Fsp3) is 0.320. The molecule has 0 atom stereocenters. The lowest BCUT2D eigenvalue weighted by Gasteiger charge is -2.10. The molecule has 0 bridgehead atoms. The van der Waals surface area contributed by atoms with Crippen LogP contribution in [0.25, 0.3) is 22.2 Å². The summed E-state index contributed by atoms with van der Waals surface area (Å²) < 4.78 is 91.8. The lowest BCUT2D eigenvalue weighted by Crippen LogP contribution is -2.24. The summed E-state index contributed by atoms with van der Waals surface area (Å²) >= 11 is 0. The number of unbranched alkanes of at least 4 members (excludes halogenated alkanes) is 3. The first kappa shape index (κ1) is 30.2. The molecule has 40 heavy (non-hydrogen) atoms. The van der Waals surface area contributed by atoms with Crippen LogP contribution in [0, 0.1) is 11.6 Å². The highest BCUT2D eigenvalue weighted by atomic mass is 19.4. The summed E-state index contributed by atoms with van der Waals surface area (Å²) in [5, 5.41) is 4.59. The van der Waals surface area contributed by atoms with Gasteiger partial charge in [-0.15, -0.1) is 0 Å². The van der Waals surface area contributed by atoms with Crippen LogP contribution in [0.1, 0.15) is 50.2 Å². The van der Waals surface area contributed by atoms with Gasteiger partial charge in [-0.2, -0.15) is 18.3 Å². The van der Waals surface area contributed by atoms with E-state index >= 15 is 0 Å². The minimum Gasteiger partial charge on any atom is -0.397 e. The van der Waals surface area contributed by atoms with E-state index in [4.69, 9.17) is 5.73 Å². The minimum absolute atomic E-state index is 0.199. The van der Waals surface area contributed by atoms with E-state index < -0.39 is 52.2 Å². The molecule has 214 valence electrons.